The molecule has 1 N–H and O–H groups in total. The maximum absolute atomic E-state index is 12.4. The van der Waals surface area contributed by atoms with Crippen LogP contribution in [0.15, 0.2) is 18.2 Å². The van der Waals surface area contributed by atoms with Crippen molar-refractivity contribution in [3.63, 3.8) is 0 Å². The third-order valence-corrected chi connectivity index (χ3v) is 7.71. The van der Waals surface area contributed by atoms with Crippen molar-refractivity contribution in [2.24, 2.45) is 23.2 Å². The summed E-state index contributed by atoms with van der Waals surface area (Å²) in [7, 11) is 0. The van der Waals surface area contributed by atoms with Crippen LogP contribution in [0.1, 0.15) is 55.8 Å². The Bertz CT molecular complexity index is 729. The molecule has 0 spiro atoms. The highest BCUT2D eigenvalue weighted by atomic mass is 35.5. The number of hydrogen-bond acceptors (Lipinski definition) is 3. The molecule has 5 rings (SSSR count). The molecule has 4 aliphatic rings. The van der Waals surface area contributed by atoms with Crippen LogP contribution < -0.4 is 5.32 Å². The molecule has 0 heterocycles. The van der Waals surface area contributed by atoms with Crippen LogP contribution in [0.4, 0.5) is 0 Å². The Morgan fingerprint density at radius 1 is 1.15 bits per heavy atom. The Morgan fingerprint density at radius 3 is 2.33 bits per heavy atom. The zero-order valence-corrected chi connectivity index (χ0v) is 17.0. The monoisotopic (exact) mass is 409 g/mol. The lowest BCUT2D eigenvalue weighted by Gasteiger charge is -2.59. The predicted molar refractivity (Wildman–Crippen MR) is 105 cm³/mol. The smallest absolute Gasteiger partial charge is 0.340 e. The van der Waals surface area contributed by atoms with E-state index < -0.39 is 5.97 Å². The van der Waals surface area contributed by atoms with Crippen LogP contribution in [0.2, 0.25) is 10.0 Å². The number of nitrogens with one attached hydrogen (secondary N) is 1. The van der Waals surface area contributed by atoms with Gasteiger partial charge in [0.25, 0.3) is 5.91 Å². The number of rotatable bonds is 5. The first-order valence-corrected chi connectivity index (χ1v) is 10.5. The van der Waals surface area contributed by atoms with Crippen molar-refractivity contribution in [3.8, 4) is 0 Å². The van der Waals surface area contributed by atoms with Crippen LogP contribution in [0.25, 0.3) is 0 Å². The number of amides is 1. The van der Waals surface area contributed by atoms with E-state index >= 15 is 0 Å². The van der Waals surface area contributed by atoms with Gasteiger partial charge in [0.15, 0.2) is 6.61 Å². The van der Waals surface area contributed by atoms with Gasteiger partial charge in [-0.2, -0.15) is 0 Å². The minimum absolute atomic E-state index is 0.104. The molecule has 27 heavy (non-hydrogen) atoms. The molecule has 0 aliphatic heterocycles. The maximum Gasteiger partial charge on any atom is 0.340 e. The van der Waals surface area contributed by atoms with Gasteiger partial charge in [0.2, 0.25) is 0 Å². The Kier molecular flexibility index (Phi) is 5.15. The molecule has 4 nitrogen and oxygen atoms in total. The molecule has 0 radical (unpaired) electrons. The fourth-order valence-corrected chi connectivity index (χ4v) is 6.39. The Balaban J connectivity index is 1.33. The number of carbonyl (C=O) groups excluding carboxylic acids is 2. The summed E-state index contributed by atoms with van der Waals surface area (Å²) in [5.41, 5.74) is 0.399. The van der Waals surface area contributed by atoms with Gasteiger partial charge in [-0.15, -0.1) is 0 Å². The topological polar surface area (TPSA) is 55.4 Å². The highest BCUT2D eigenvalue weighted by molar-refractivity contribution is 6.43. The van der Waals surface area contributed by atoms with Crippen molar-refractivity contribution >= 4 is 35.1 Å². The molecule has 4 fully saturated rings. The van der Waals surface area contributed by atoms with E-state index in [1.54, 1.807) is 12.1 Å². The second kappa shape index (κ2) is 7.29. The number of hydrogen-bond donors (Lipinski definition) is 1. The van der Waals surface area contributed by atoms with Crippen LogP contribution in [-0.2, 0) is 9.53 Å². The minimum Gasteiger partial charge on any atom is -0.452 e. The van der Waals surface area contributed by atoms with Crippen LogP contribution >= 0.6 is 23.2 Å². The molecule has 4 saturated carbocycles. The zero-order valence-electron chi connectivity index (χ0n) is 15.5. The second-order valence-electron chi connectivity index (χ2n) is 8.75. The lowest BCUT2D eigenvalue weighted by molar-refractivity contribution is -0.128. The van der Waals surface area contributed by atoms with Gasteiger partial charge in [-0.25, -0.2) is 4.79 Å². The molecule has 4 aliphatic carbocycles. The van der Waals surface area contributed by atoms with Gasteiger partial charge in [-0.3, -0.25) is 4.79 Å². The fraction of sp³-hybridized carbons (Fsp3) is 0.619. The summed E-state index contributed by atoms with van der Waals surface area (Å²) in [5, 5.41) is 3.52. The quantitative estimate of drug-likeness (QED) is 0.705. The summed E-state index contributed by atoms with van der Waals surface area (Å²) in [4.78, 5) is 24.6. The van der Waals surface area contributed by atoms with E-state index in [9.17, 15) is 9.59 Å². The van der Waals surface area contributed by atoms with Crippen LogP contribution in [-0.4, -0.2) is 24.5 Å². The van der Waals surface area contributed by atoms with Gasteiger partial charge in [-0.1, -0.05) is 29.3 Å². The van der Waals surface area contributed by atoms with Gasteiger partial charge in [0.05, 0.1) is 15.6 Å². The molecule has 1 aromatic carbocycles. The van der Waals surface area contributed by atoms with Crippen molar-refractivity contribution in [2.75, 3.05) is 6.61 Å². The van der Waals surface area contributed by atoms with Gasteiger partial charge >= 0.3 is 5.97 Å². The summed E-state index contributed by atoms with van der Waals surface area (Å²) in [6.45, 7) is 1.80. The molecule has 1 atom stereocenters. The highest BCUT2D eigenvalue weighted by Gasteiger charge is 2.53. The Morgan fingerprint density at radius 2 is 1.74 bits per heavy atom. The Labute approximate surface area is 169 Å². The van der Waals surface area contributed by atoms with Crippen LogP contribution in [0, 0.1) is 23.2 Å². The van der Waals surface area contributed by atoms with Crippen molar-refractivity contribution in [2.45, 2.75) is 51.5 Å². The molecule has 1 amide bonds. The third kappa shape index (κ3) is 3.71. The summed E-state index contributed by atoms with van der Waals surface area (Å²) < 4.78 is 5.15. The lowest BCUT2D eigenvalue weighted by atomic mass is 9.48. The summed E-state index contributed by atoms with van der Waals surface area (Å²) in [6, 6.07) is 4.86. The first-order valence-electron chi connectivity index (χ1n) is 9.77. The normalized spacial score (nSPS) is 32.2. The van der Waals surface area contributed by atoms with Crippen molar-refractivity contribution < 1.29 is 14.3 Å². The highest BCUT2D eigenvalue weighted by Crippen LogP contribution is 2.61. The number of benzene rings is 1. The standard InChI is InChI=1S/C21H25Cl2NO3/c1-12(21-8-13-5-14(9-21)7-15(6-13)10-21)24-18(25)11-27-20(26)16-3-2-4-17(22)19(16)23/h2-4,12-15H,5-11H2,1H3,(H,24,25)/t12-,13?,14?,15?,21?/m0/s1. The van der Waals surface area contributed by atoms with Gasteiger partial charge < -0.3 is 10.1 Å². The molecular formula is C21H25Cl2NO3. The molecule has 146 valence electrons. The maximum atomic E-state index is 12.4. The molecule has 6 heteroatoms. The zero-order chi connectivity index (χ0) is 19.2. The number of esters is 1. The van der Waals surface area contributed by atoms with E-state index in [0.29, 0.717) is 0 Å². The number of ether oxygens (including phenoxy) is 1. The third-order valence-electron chi connectivity index (χ3n) is 6.89. The number of halogens is 2. The lowest BCUT2D eigenvalue weighted by Crippen LogP contribution is -2.56. The SMILES string of the molecule is C[C@H](NC(=O)COC(=O)c1cccc(Cl)c1Cl)C12CC3CC(CC(C3)C1)C2. The first-order chi connectivity index (χ1) is 12.9. The molecular weight excluding hydrogens is 385 g/mol. The van der Waals surface area contributed by atoms with E-state index in [4.69, 9.17) is 27.9 Å². The van der Waals surface area contributed by atoms with E-state index in [2.05, 4.69) is 12.2 Å². The summed E-state index contributed by atoms with van der Waals surface area (Å²) in [5.74, 6) is 1.60. The summed E-state index contributed by atoms with van der Waals surface area (Å²) in [6.07, 6.45) is 7.78. The average molecular weight is 410 g/mol. The van der Waals surface area contributed by atoms with Crippen molar-refractivity contribution in [1.82, 2.24) is 5.32 Å². The van der Waals surface area contributed by atoms with Crippen molar-refractivity contribution in [3.05, 3.63) is 33.8 Å². The van der Waals surface area contributed by atoms with E-state index in [0.717, 1.165) is 17.8 Å². The van der Waals surface area contributed by atoms with Crippen LogP contribution in [0.5, 0.6) is 0 Å². The van der Waals surface area contributed by atoms with Crippen LogP contribution in [0.3, 0.4) is 0 Å². The fourth-order valence-electron chi connectivity index (χ4n) is 6.01. The molecule has 1 aromatic rings. The molecule has 0 saturated heterocycles. The van der Waals surface area contributed by atoms with Gasteiger partial charge in [-0.05, 0) is 80.8 Å². The summed E-state index contributed by atoms with van der Waals surface area (Å²) >= 11 is 12.0. The molecule has 4 bridgehead atoms. The predicted octanol–water partition coefficient (Wildman–Crippen LogP) is 4.87. The Hall–Kier alpha value is -1.26. The first kappa shape index (κ1) is 19.1. The van der Waals surface area contributed by atoms with E-state index in [1.807, 2.05) is 0 Å². The van der Waals surface area contributed by atoms with Gasteiger partial charge in [0, 0.05) is 6.04 Å². The van der Waals surface area contributed by atoms with E-state index in [-0.39, 0.29) is 39.6 Å². The van der Waals surface area contributed by atoms with E-state index in [1.165, 1.54) is 44.6 Å². The van der Waals surface area contributed by atoms with Crippen molar-refractivity contribution in [1.29, 1.82) is 0 Å². The van der Waals surface area contributed by atoms with Gasteiger partial charge in [0.1, 0.15) is 0 Å². The number of carbonyl (C=O) groups is 2. The average Bonchev–Trinajstić information content (AvgIpc) is 2.61. The minimum atomic E-state index is -0.639. The largest absolute Gasteiger partial charge is 0.452 e. The molecule has 0 aromatic heterocycles. The molecule has 0 unspecified atom stereocenters. The second-order valence-corrected chi connectivity index (χ2v) is 9.53.